The fraction of sp³-hybridized carbons (Fsp3) is 0.481. The molecule has 0 spiro atoms. The van der Waals surface area contributed by atoms with Crippen LogP contribution in [0.25, 0.3) is 0 Å². The summed E-state index contributed by atoms with van der Waals surface area (Å²) in [6.07, 6.45) is 13.0. The molecule has 8 heteroatoms. The second-order valence-corrected chi connectivity index (χ2v) is 11.1. The van der Waals surface area contributed by atoms with Gasteiger partial charge in [-0.15, -0.1) is 0 Å². The maximum absolute atomic E-state index is 12.9. The number of aryl methyl sites for hydroxylation is 1. The van der Waals surface area contributed by atoms with E-state index in [-0.39, 0.29) is 16.8 Å². The zero-order valence-electron chi connectivity index (χ0n) is 20.5. The number of hydrogen-bond donors (Lipinski definition) is 3. The number of carbonyl (C=O) groups excluding carboxylic acids is 2. The van der Waals surface area contributed by atoms with Crippen LogP contribution < -0.4 is 15.4 Å². The molecule has 0 saturated heterocycles. The van der Waals surface area contributed by atoms with Gasteiger partial charge in [0.05, 0.1) is 4.90 Å². The molecule has 3 amide bonds. The fourth-order valence-corrected chi connectivity index (χ4v) is 5.28. The highest BCUT2D eigenvalue weighted by Crippen LogP contribution is 2.18. The molecule has 0 unspecified atom stereocenters. The third kappa shape index (κ3) is 9.02. The lowest BCUT2D eigenvalue weighted by Crippen LogP contribution is -2.35. The van der Waals surface area contributed by atoms with Gasteiger partial charge in [0, 0.05) is 17.3 Å². The highest BCUT2D eigenvalue weighted by atomic mass is 32.2. The Morgan fingerprint density at radius 2 is 1.37 bits per heavy atom. The number of carbonyl (C=O) groups is 2. The lowest BCUT2D eigenvalue weighted by molar-refractivity contribution is 0.0931. The van der Waals surface area contributed by atoms with Crippen LogP contribution in [-0.2, 0) is 10.0 Å². The highest BCUT2D eigenvalue weighted by Gasteiger charge is 2.18. The Morgan fingerprint density at radius 1 is 0.800 bits per heavy atom. The van der Waals surface area contributed by atoms with Gasteiger partial charge < -0.3 is 10.6 Å². The predicted octanol–water partition coefficient (Wildman–Crippen LogP) is 5.91. The van der Waals surface area contributed by atoms with Crippen molar-refractivity contribution in [2.75, 3.05) is 5.32 Å². The first-order chi connectivity index (χ1) is 16.8. The molecular formula is C27H37N3O4S. The van der Waals surface area contributed by atoms with E-state index in [9.17, 15) is 18.0 Å². The van der Waals surface area contributed by atoms with E-state index < -0.39 is 16.1 Å². The number of amides is 3. The number of nitrogens with one attached hydrogen (secondary N) is 3. The number of hydrogen-bond acceptors (Lipinski definition) is 4. The van der Waals surface area contributed by atoms with Crippen LogP contribution >= 0.6 is 0 Å². The van der Waals surface area contributed by atoms with Crippen molar-refractivity contribution in [2.45, 2.75) is 88.5 Å². The van der Waals surface area contributed by atoms with Crippen molar-refractivity contribution in [3.63, 3.8) is 0 Å². The lowest BCUT2D eigenvalue weighted by Gasteiger charge is -2.20. The third-order valence-electron chi connectivity index (χ3n) is 6.38. The van der Waals surface area contributed by atoms with Crippen molar-refractivity contribution >= 4 is 27.6 Å². The van der Waals surface area contributed by atoms with E-state index in [1.165, 1.54) is 57.1 Å². The van der Waals surface area contributed by atoms with Crippen LogP contribution in [0.1, 0.15) is 86.6 Å². The topological polar surface area (TPSA) is 104 Å². The lowest BCUT2D eigenvalue weighted by atomic mass is 9.97. The van der Waals surface area contributed by atoms with E-state index in [0.29, 0.717) is 11.3 Å². The van der Waals surface area contributed by atoms with Crippen molar-refractivity contribution < 1.29 is 18.0 Å². The minimum atomic E-state index is -4.00. The molecule has 1 aliphatic rings. The van der Waals surface area contributed by atoms with Crippen molar-refractivity contribution in [1.29, 1.82) is 0 Å². The molecule has 0 atom stereocenters. The van der Waals surface area contributed by atoms with E-state index in [1.807, 2.05) is 11.6 Å². The Balaban J connectivity index is 1.58. The normalized spacial score (nSPS) is 16.4. The summed E-state index contributed by atoms with van der Waals surface area (Å²) < 4.78 is 26.9. The summed E-state index contributed by atoms with van der Waals surface area (Å²) in [6.45, 7) is 1.85. The number of urea groups is 1. The monoisotopic (exact) mass is 499 g/mol. The van der Waals surface area contributed by atoms with E-state index in [0.717, 1.165) is 31.2 Å². The van der Waals surface area contributed by atoms with Crippen molar-refractivity contribution in [3.05, 3.63) is 59.7 Å². The van der Waals surface area contributed by atoms with Gasteiger partial charge in [0.25, 0.3) is 15.9 Å². The summed E-state index contributed by atoms with van der Waals surface area (Å²) in [4.78, 5) is 25.3. The first-order valence-corrected chi connectivity index (χ1v) is 14.1. The van der Waals surface area contributed by atoms with Gasteiger partial charge in [-0.05, 0) is 50.1 Å². The number of anilines is 1. The highest BCUT2D eigenvalue weighted by molar-refractivity contribution is 7.90. The third-order valence-corrected chi connectivity index (χ3v) is 7.73. The van der Waals surface area contributed by atoms with Gasteiger partial charge in [-0.25, -0.2) is 17.9 Å². The molecule has 190 valence electrons. The van der Waals surface area contributed by atoms with Crippen LogP contribution in [-0.4, -0.2) is 26.4 Å². The first kappa shape index (κ1) is 26.7. The molecule has 1 fully saturated rings. The predicted molar refractivity (Wildman–Crippen MR) is 139 cm³/mol. The SMILES string of the molecule is Cc1ccc(S(=O)(=O)NC(=O)Nc2cccc(C(=O)NC3CCCCCCCCCCC3)c2)cc1. The number of rotatable bonds is 5. The molecule has 2 aromatic rings. The molecule has 0 bridgehead atoms. The van der Waals surface area contributed by atoms with Crippen molar-refractivity contribution in [1.82, 2.24) is 10.0 Å². The molecule has 1 saturated carbocycles. The molecule has 0 heterocycles. The van der Waals surface area contributed by atoms with Crippen LogP contribution in [0.5, 0.6) is 0 Å². The summed E-state index contributed by atoms with van der Waals surface area (Å²) in [7, 11) is -4.00. The molecule has 2 aromatic carbocycles. The summed E-state index contributed by atoms with van der Waals surface area (Å²) in [5.41, 5.74) is 1.68. The van der Waals surface area contributed by atoms with Gasteiger partial charge in [-0.1, -0.05) is 81.5 Å². The standard InChI is InChI=1S/C27H37N3O4S/c1-21-16-18-25(19-17-21)35(33,34)30-27(32)29-24-15-11-12-22(20-24)26(31)28-23-13-9-7-5-3-2-4-6-8-10-14-23/h11-12,15-20,23H,2-10,13-14H2,1H3,(H,28,31)(H2,29,30,32). The Labute approximate surface area is 209 Å². The fourth-order valence-electron chi connectivity index (χ4n) is 4.37. The zero-order chi connectivity index (χ0) is 25.1. The van der Waals surface area contributed by atoms with Gasteiger partial charge in [0.15, 0.2) is 0 Å². The molecule has 3 rings (SSSR count). The van der Waals surface area contributed by atoms with Gasteiger partial charge in [-0.2, -0.15) is 0 Å². The molecule has 0 aromatic heterocycles. The van der Waals surface area contributed by atoms with Gasteiger partial charge in [0.1, 0.15) is 0 Å². The van der Waals surface area contributed by atoms with Crippen LogP contribution in [0.4, 0.5) is 10.5 Å². The summed E-state index contributed by atoms with van der Waals surface area (Å²) in [6, 6.07) is 12.0. The second kappa shape index (κ2) is 13.3. The van der Waals surface area contributed by atoms with Gasteiger partial charge in [-0.3, -0.25) is 4.79 Å². The van der Waals surface area contributed by atoms with Crippen molar-refractivity contribution in [3.8, 4) is 0 Å². The molecular weight excluding hydrogens is 462 g/mol. The van der Waals surface area contributed by atoms with E-state index in [2.05, 4.69) is 10.6 Å². The zero-order valence-corrected chi connectivity index (χ0v) is 21.3. The average Bonchev–Trinajstić information content (AvgIpc) is 2.81. The summed E-state index contributed by atoms with van der Waals surface area (Å²) in [5.74, 6) is -0.182. The Bertz CT molecular complexity index is 1070. The van der Waals surface area contributed by atoms with Gasteiger partial charge in [0.2, 0.25) is 0 Å². The van der Waals surface area contributed by atoms with Crippen LogP contribution in [0, 0.1) is 6.92 Å². The molecule has 3 N–H and O–H groups in total. The summed E-state index contributed by atoms with van der Waals surface area (Å²) >= 11 is 0. The molecule has 35 heavy (non-hydrogen) atoms. The van der Waals surface area contributed by atoms with E-state index in [1.54, 1.807) is 36.4 Å². The molecule has 1 aliphatic carbocycles. The largest absolute Gasteiger partial charge is 0.349 e. The molecule has 0 radical (unpaired) electrons. The number of benzene rings is 2. The molecule has 7 nitrogen and oxygen atoms in total. The Morgan fingerprint density at radius 3 is 1.97 bits per heavy atom. The second-order valence-electron chi connectivity index (χ2n) is 9.38. The molecule has 0 aliphatic heterocycles. The number of sulfonamides is 1. The Hall–Kier alpha value is -2.87. The van der Waals surface area contributed by atoms with E-state index >= 15 is 0 Å². The minimum Gasteiger partial charge on any atom is -0.349 e. The minimum absolute atomic E-state index is 0.00316. The first-order valence-electron chi connectivity index (χ1n) is 12.6. The van der Waals surface area contributed by atoms with Crippen LogP contribution in [0.2, 0.25) is 0 Å². The summed E-state index contributed by atoms with van der Waals surface area (Å²) in [5, 5.41) is 5.68. The van der Waals surface area contributed by atoms with E-state index in [4.69, 9.17) is 0 Å². The quantitative estimate of drug-likeness (QED) is 0.476. The van der Waals surface area contributed by atoms with Crippen LogP contribution in [0.15, 0.2) is 53.4 Å². The maximum Gasteiger partial charge on any atom is 0.333 e. The smallest absolute Gasteiger partial charge is 0.333 e. The Kier molecular flexibility index (Phi) is 10.1. The van der Waals surface area contributed by atoms with Gasteiger partial charge >= 0.3 is 6.03 Å². The average molecular weight is 500 g/mol. The van der Waals surface area contributed by atoms with Crippen LogP contribution in [0.3, 0.4) is 0 Å². The maximum atomic E-state index is 12.9. The van der Waals surface area contributed by atoms with Crippen molar-refractivity contribution in [2.24, 2.45) is 0 Å².